The minimum absolute atomic E-state index is 0.0284. The molecule has 0 spiro atoms. The summed E-state index contributed by atoms with van der Waals surface area (Å²) in [5, 5.41) is 9.56. The van der Waals surface area contributed by atoms with Crippen LogP contribution < -0.4 is 0 Å². The Hall–Kier alpha value is -2.11. The lowest BCUT2D eigenvalue weighted by Crippen LogP contribution is -2.14. The van der Waals surface area contributed by atoms with Crippen molar-refractivity contribution in [1.29, 1.82) is 5.26 Å². The Bertz CT molecular complexity index is 1000. The Morgan fingerprint density at radius 1 is 1.42 bits per heavy atom. The normalized spacial score (nSPS) is 18.6. The number of aryl methyl sites for hydroxylation is 1. The molecule has 6 nitrogen and oxygen atoms in total. The maximum atomic E-state index is 12.7. The first kappa shape index (κ1) is 18.7. The van der Waals surface area contributed by atoms with Gasteiger partial charge >= 0.3 is 0 Å². The van der Waals surface area contributed by atoms with Gasteiger partial charge in [0.1, 0.15) is 0 Å². The molecule has 26 heavy (non-hydrogen) atoms. The molecule has 0 bridgehead atoms. The van der Waals surface area contributed by atoms with Gasteiger partial charge in [0.05, 0.1) is 33.9 Å². The maximum Gasteiger partial charge on any atom is 0.174 e. The van der Waals surface area contributed by atoms with E-state index in [2.05, 4.69) is 11.1 Å². The van der Waals surface area contributed by atoms with Crippen molar-refractivity contribution in [2.24, 2.45) is 0 Å². The van der Waals surface area contributed by atoms with E-state index in [-0.39, 0.29) is 29.1 Å². The largest absolute Gasteiger partial charge is 0.344 e. The molecule has 136 valence electrons. The number of thioether (sulfide) groups is 1. The predicted octanol–water partition coefficient (Wildman–Crippen LogP) is 2.71. The van der Waals surface area contributed by atoms with Crippen LogP contribution in [0.3, 0.4) is 0 Å². The number of nitrogens with zero attached hydrogens (tertiary/aromatic N) is 3. The Morgan fingerprint density at radius 3 is 2.85 bits per heavy atom. The fourth-order valence-electron chi connectivity index (χ4n) is 3.38. The van der Waals surface area contributed by atoms with E-state index >= 15 is 0 Å². The fourth-order valence-corrected chi connectivity index (χ4v) is 5.86. The van der Waals surface area contributed by atoms with Gasteiger partial charge in [0.15, 0.2) is 15.6 Å². The van der Waals surface area contributed by atoms with Gasteiger partial charge in [0.25, 0.3) is 0 Å². The summed E-state index contributed by atoms with van der Waals surface area (Å²) in [6.45, 7) is 3.77. The predicted molar refractivity (Wildman–Crippen MR) is 100 cm³/mol. The topological polar surface area (TPSA) is 92.8 Å². The summed E-state index contributed by atoms with van der Waals surface area (Å²) in [6.07, 6.45) is 2.14. The monoisotopic (exact) mass is 389 g/mol. The zero-order valence-electron chi connectivity index (χ0n) is 14.6. The molecular formula is C18H19N3O3S2. The first-order valence-corrected chi connectivity index (χ1v) is 11.0. The molecule has 0 saturated carbocycles. The zero-order chi connectivity index (χ0) is 18.9. The molecule has 2 aromatic rings. The molecule has 0 N–H and O–H groups in total. The second-order valence-corrected chi connectivity index (χ2v) is 9.64. The molecule has 0 radical (unpaired) electrons. The van der Waals surface area contributed by atoms with Gasteiger partial charge in [-0.3, -0.25) is 4.79 Å². The van der Waals surface area contributed by atoms with Crippen molar-refractivity contribution in [3.63, 3.8) is 0 Å². The summed E-state index contributed by atoms with van der Waals surface area (Å²) in [4.78, 5) is 16.8. The SMILES string of the molecule is Cc1cc(C(=O)CSc2cc(C#N)ccn2)c(C)n1C1CCS(=O)(=O)C1. The van der Waals surface area contributed by atoms with Gasteiger partial charge < -0.3 is 4.57 Å². The average molecular weight is 390 g/mol. The van der Waals surface area contributed by atoms with E-state index in [1.165, 1.54) is 11.8 Å². The van der Waals surface area contributed by atoms with E-state index < -0.39 is 9.84 Å². The molecule has 0 amide bonds. The number of ketones is 1. The smallest absolute Gasteiger partial charge is 0.174 e. The molecular weight excluding hydrogens is 370 g/mol. The second-order valence-electron chi connectivity index (χ2n) is 6.42. The Labute approximate surface area is 157 Å². The van der Waals surface area contributed by atoms with Gasteiger partial charge in [-0.2, -0.15) is 5.26 Å². The van der Waals surface area contributed by atoms with Crippen molar-refractivity contribution in [2.75, 3.05) is 17.3 Å². The highest BCUT2D eigenvalue weighted by Gasteiger charge is 2.31. The summed E-state index contributed by atoms with van der Waals surface area (Å²) in [6, 6.07) is 7.07. The highest BCUT2D eigenvalue weighted by atomic mass is 32.2. The lowest BCUT2D eigenvalue weighted by molar-refractivity contribution is 0.102. The number of Topliss-reactive ketones (excluding diaryl/α,β-unsaturated/α-hetero) is 1. The van der Waals surface area contributed by atoms with Gasteiger partial charge in [-0.05, 0) is 38.5 Å². The molecule has 3 rings (SSSR count). The van der Waals surface area contributed by atoms with Crippen molar-refractivity contribution >= 4 is 27.4 Å². The third-order valence-corrected chi connectivity index (χ3v) is 7.25. The van der Waals surface area contributed by atoms with E-state index in [0.717, 1.165) is 11.4 Å². The van der Waals surface area contributed by atoms with E-state index in [1.807, 2.05) is 24.5 Å². The zero-order valence-corrected chi connectivity index (χ0v) is 16.2. The molecule has 1 atom stereocenters. The van der Waals surface area contributed by atoms with E-state index in [9.17, 15) is 13.2 Å². The van der Waals surface area contributed by atoms with Gasteiger partial charge in [-0.15, -0.1) is 0 Å². The molecule has 1 fully saturated rings. The summed E-state index contributed by atoms with van der Waals surface area (Å²) in [5.41, 5.74) is 2.85. The third-order valence-electron chi connectivity index (χ3n) is 4.57. The molecule has 0 aromatic carbocycles. The highest BCUT2D eigenvalue weighted by molar-refractivity contribution is 7.99. The number of hydrogen-bond acceptors (Lipinski definition) is 6. The van der Waals surface area contributed by atoms with Crippen molar-refractivity contribution in [3.8, 4) is 6.07 Å². The number of rotatable bonds is 5. The van der Waals surface area contributed by atoms with Crippen molar-refractivity contribution in [2.45, 2.75) is 31.3 Å². The van der Waals surface area contributed by atoms with E-state index in [1.54, 1.807) is 18.3 Å². The number of nitriles is 1. The van der Waals surface area contributed by atoms with Crippen LogP contribution in [0.1, 0.15) is 39.8 Å². The molecule has 1 aliphatic heterocycles. The third kappa shape index (κ3) is 3.84. The molecule has 1 aliphatic rings. The molecule has 0 aliphatic carbocycles. The number of sulfone groups is 1. The van der Waals surface area contributed by atoms with Crippen molar-refractivity contribution < 1.29 is 13.2 Å². The van der Waals surface area contributed by atoms with Crippen LogP contribution in [0.15, 0.2) is 29.4 Å². The van der Waals surface area contributed by atoms with Crippen LogP contribution in [0.5, 0.6) is 0 Å². The fraction of sp³-hybridized carbons (Fsp3) is 0.389. The molecule has 1 saturated heterocycles. The number of hydrogen-bond donors (Lipinski definition) is 0. The lowest BCUT2D eigenvalue weighted by atomic mass is 10.2. The van der Waals surface area contributed by atoms with Gasteiger partial charge in [-0.1, -0.05) is 11.8 Å². The van der Waals surface area contributed by atoms with Crippen LogP contribution in [-0.2, 0) is 9.84 Å². The highest BCUT2D eigenvalue weighted by Crippen LogP contribution is 2.30. The van der Waals surface area contributed by atoms with Crippen LogP contribution in [0.4, 0.5) is 0 Å². The lowest BCUT2D eigenvalue weighted by Gasteiger charge is -2.16. The summed E-state index contributed by atoms with van der Waals surface area (Å²) in [7, 11) is -2.99. The van der Waals surface area contributed by atoms with Gasteiger partial charge in [0.2, 0.25) is 0 Å². The van der Waals surface area contributed by atoms with Gasteiger partial charge in [-0.25, -0.2) is 13.4 Å². The summed E-state index contributed by atoms with van der Waals surface area (Å²) in [5.74, 6) is 0.528. The quantitative estimate of drug-likeness (QED) is 0.577. The number of aromatic nitrogens is 2. The van der Waals surface area contributed by atoms with Crippen LogP contribution in [0.2, 0.25) is 0 Å². The van der Waals surface area contributed by atoms with Crippen LogP contribution in [-0.4, -0.2) is 41.0 Å². The number of pyridine rings is 1. The number of carbonyl (C=O) groups excluding carboxylic acids is 1. The first-order valence-electron chi connectivity index (χ1n) is 8.22. The van der Waals surface area contributed by atoms with Crippen molar-refractivity contribution in [1.82, 2.24) is 9.55 Å². The summed E-state index contributed by atoms with van der Waals surface area (Å²) < 4.78 is 25.5. The Morgan fingerprint density at radius 2 is 2.19 bits per heavy atom. The molecule has 8 heteroatoms. The number of carbonyl (C=O) groups is 1. The first-order chi connectivity index (χ1) is 12.3. The average Bonchev–Trinajstić information content (AvgIpc) is 3.11. The minimum atomic E-state index is -2.99. The summed E-state index contributed by atoms with van der Waals surface area (Å²) >= 11 is 1.29. The van der Waals surface area contributed by atoms with E-state index in [0.29, 0.717) is 22.6 Å². The van der Waals surface area contributed by atoms with Crippen molar-refractivity contribution in [3.05, 3.63) is 46.9 Å². The maximum absolute atomic E-state index is 12.7. The Kier molecular flexibility index (Phi) is 5.21. The Balaban J connectivity index is 1.76. The standard InChI is InChI=1S/C18H19N3O3S2/c1-12-7-16(13(2)21(12)15-4-6-26(23,24)11-15)17(22)10-25-18-8-14(9-19)3-5-20-18/h3,5,7-8,15H,4,6,10-11H2,1-2H3. The van der Waals surface area contributed by atoms with Gasteiger partial charge in [0, 0.05) is 29.2 Å². The molecule has 3 heterocycles. The van der Waals surface area contributed by atoms with Crippen LogP contribution >= 0.6 is 11.8 Å². The van der Waals surface area contributed by atoms with Crippen LogP contribution in [0, 0.1) is 25.2 Å². The minimum Gasteiger partial charge on any atom is -0.344 e. The molecule has 1 unspecified atom stereocenters. The van der Waals surface area contributed by atoms with E-state index in [4.69, 9.17) is 5.26 Å². The second kappa shape index (κ2) is 7.25. The molecule has 2 aromatic heterocycles. The van der Waals surface area contributed by atoms with Crippen LogP contribution in [0.25, 0.3) is 0 Å².